The molecule has 1 aliphatic rings. The van der Waals surface area contributed by atoms with E-state index in [-0.39, 0.29) is 28.3 Å². The second-order valence-electron chi connectivity index (χ2n) is 4.95. The SMILES string of the molecule is O=C1S/C(=C\c2ccccc2O)C(=O)N1Cc1ccc(F)cc1. The fourth-order valence-electron chi connectivity index (χ4n) is 2.16. The molecule has 3 rings (SSSR count). The molecule has 2 amide bonds. The van der Waals surface area contributed by atoms with Gasteiger partial charge in [0.15, 0.2) is 0 Å². The number of para-hydroxylation sites is 1. The third-order valence-electron chi connectivity index (χ3n) is 3.35. The summed E-state index contributed by atoms with van der Waals surface area (Å²) >= 11 is 0.821. The lowest BCUT2D eigenvalue weighted by Crippen LogP contribution is -2.27. The molecule has 0 aromatic heterocycles. The Morgan fingerprint density at radius 2 is 1.78 bits per heavy atom. The van der Waals surface area contributed by atoms with Gasteiger partial charge in [-0.3, -0.25) is 14.5 Å². The quantitative estimate of drug-likeness (QED) is 0.871. The Hall–Kier alpha value is -2.60. The van der Waals surface area contributed by atoms with Crippen molar-refractivity contribution in [3.63, 3.8) is 0 Å². The minimum atomic E-state index is -0.424. The molecule has 4 nitrogen and oxygen atoms in total. The van der Waals surface area contributed by atoms with Crippen LogP contribution in [0.4, 0.5) is 9.18 Å². The van der Waals surface area contributed by atoms with Gasteiger partial charge in [0.25, 0.3) is 11.1 Å². The summed E-state index contributed by atoms with van der Waals surface area (Å²) in [6.07, 6.45) is 1.49. The first kappa shape index (κ1) is 15.3. The minimum Gasteiger partial charge on any atom is -0.507 e. The highest BCUT2D eigenvalue weighted by molar-refractivity contribution is 8.18. The van der Waals surface area contributed by atoms with Gasteiger partial charge in [0.1, 0.15) is 11.6 Å². The molecule has 1 N–H and O–H groups in total. The third kappa shape index (κ3) is 3.27. The zero-order valence-corrected chi connectivity index (χ0v) is 12.7. The predicted molar refractivity (Wildman–Crippen MR) is 86.0 cm³/mol. The predicted octanol–water partition coefficient (Wildman–Crippen LogP) is 3.77. The topological polar surface area (TPSA) is 57.6 Å². The number of thioether (sulfide) groups is 1. The number of carbonyl (C=O) groups excluding carboxylic acids is 2. The van der Waals surface area contributed by atoms with Crippen molar-refractivity contribution >= 4 is 29.0 Å². The average Bonchev–Trinajstić information content (AvgIpc) is 2.79. The van der Waals surface area contributed by atoms with Crippen LogP contribution < -0.4 is 0 Å². The number of phenols is 1. The standard InChI is InChI=1S/C17H12FNO3S/c18-13-7-5-11(6-8-13)10-19-16(21)15(23-17(19)22)9-12-3-1-2-4-14(12)20/h1-9,20H,10H2/b15-9-. The summed E-state index contributed by atoms with van der Waals surface area (Å²) < 4.78 is 12.9. The van der Waals surface area contributed by atoms with Gasteiger partial charge in [-0.05, 0) is 41.6 Å². The number of hydrogen-bond acceptors (Lipinski definition) is 4. The van der Waals surface area contributed by atoms with Crippen LogP contribution in [-0.2, 0) is 11.3 Å². The van der Waals surface area contributed by atoms with E-state index in [1.54, 1.807) is 18.2 Å². The van der Waals surface area contributed by atoms with Crippen LogP contribution in [0.2, 0.25) is 0 Å². The van der Waals surface area contributed by atoms with Crippen molar-refractivity contribution in [2.75, 3.05) is 0 Å². The summed E-state index contributed by atoms with van der Waals surface area (Å²) in [5.74, 6) is -0.757. The number of halogens is 1. The number of benzene rings is 2. The van der Waals surface area contributed by atoms with Crippen molar-refractivity contribution in [3.8, 4) is 5.75 Å². The van der Waals surface area contributed by atoms with E-state index >= 15 is 0 Å². The third-order valence-corrected chi connectivity index (χ3v) is 4.26. The number of aromatic hydroxyl groups is 1. The smallest absolute Gasteiger partial charge is 0.293 e. The molecule has 0 radical (unpaired) electrons. The summed E-state index contributed by atoms with van der Waals surface area (Å²) in [5, 5.41) is 9.36. The van der Waals surface area contributed by atoms with Crippen molar-refractivity contribution in [3.05, 3.63) is 70.4 Å². The van der Waals surface area contributed by atoms with E-state index in [9.17, 15) is 19.1 Å². The summed E-state index contributed by atoms with van der Waals surface area (Å²) in [7, 11) is 0. The summed E-state index contributed by atoms with van der Waals surface area (Å²) in [4.78, 5) is 25.7. The highest BCUT2D eigenvalue weighted by Gasteiger charge is 2.35. The molecular formula is C17H12FNO3S. The zero-order chi connectivity index (χ0) is 16.4. The van der Waals surface area contributed by atoms with Crippen LogP contribution >= 0.6 is 11.8 Å². The Labute approximate surface area is 136 Å². The van der Waals surface area contributed by atoms with Crippen molar-refractivity contribution in [1.82, 2.24) is 4.90 Å². The van der Waals surface area contributed by atoms with E-state index in [1.165, 1.54) is 36.4 Å². The molecular weight excluding hydrogens is 317 g/mol. The summed E-state index contributed by atoms with van der Waals surface area (Å²) in [5.41, 5.74) is 1.14. The lowest BCUT2D eigenvalue weighted by Gasteiger charge is -2.12. The first-order valence-electron chi connectivity index (χ1n) is 6.82. The molecule has 0 atom stereocenters. The molecule has 0 aliphatic carbocycles. The maximum Gasteiger partial charge on any atom is 0.293 e. The molecule has 2 aromatic rings. The van der Waals surface area contributed by atoms with Crippen molar-refractivity contribution in [2.45, 2.75) is 6.54 Å². The molecule has 116 valence electrons. The van der Waals surface area contributed by atoms with Gasteiger partial charge in [0, 0.05) is 5.56 Å². The monoisotopic (exact) mass is 329 g/mol. The molecule has 0 unspecified atom stereocenters. The van der Waals surface area contributed by atoms with Gasteiger partial charge in [0.2, 0.25) is 0 Å². The fraction of sp³-hybridized carbons (Fsp3) is 0.0588. The normalized spacial score (nSPS) is 16.4. The van der Waals surface area contributed by atoms with E-state index < -0.39 is 5.91 Å². The van der Waals surface area contributed by atoms with E-state index in [2.05, 4.69) is 0 Å². The molecule has 1 aliphatic heterocycles. The first-order valence-corrected chi connectivity index (χ1v) is 7.64. The molecule has 0 saturated carbocycles. The van der Waals surface area contributed by atoms with Crippen molar-refractivity contribution in [2.24, 2.45) is 0 Å². The van der Waals surface area contributed by atoms with E-state index in [0.717, 1.165) is 16.7 Å². The molecule has 1 heterocycles. The number of nitrogens with zero attached hydrogens (tertiary/aromatic N) is 1. The first-order chi connectivity index (χ1) is 11.0. The van der Waals surface area contributed by atoms with Crippen LogP contribution in [0.15, 0.2) is 53.4 Å². The van der Waals surface area contributed by atoms with E-state index in [4.69, 9.17) is 0 Å². The van der Waals surface area contributed by atoms with Gasteiger partial charge < -0.3 is 5.11 Å². The minimum absolute atomic E-state index is 0.0397. The summed E-state index contributed by atoms with van der Waals surface area (Å²) in [6.45, 7) is 0.0864. The maximum absolute atomic E-state index is 12.9. The second kappa shape index (κ2) is 6.26. The molecule has 0 bridgehead atoms. The molecule has 1 saturated heterocycles. The Bertz CT molecular complexity index is 802. The maximum atomic E-state index is 12.9. The molecule has 2 aromatic carbocycles. The summed E-state index contributed by atoms with van der Waals surface area (Å²) in [6, 6.07) is 12.2. The molecule has 1 fully saturated rings. The Kier molecular flexibility index (Phi) is 4.16. The van der Waals surface area contributed by atoms with Gasteiger partial charge in [-0.2, -0.15) is 0 Å². The number of hydrogen-bond donors (Lipinski definition) is 1. The van der Waals surface area contributed by atoms with E-state index in [1.807, 2.05) is 0 Å². The number of amides is 2. The van der Waals surface area contributed by atoms with Crippen LogP contribution in [0.5, 0.6) is 5.75 Å². The lowest BCUT2D eigenvalue weighted by atomic mass is 10.2. The van der Waals surface area contributed by atoms with E-state index in [0.29, 0.717) is 11.1 Å². The average molecular weight is 329 g/mol. The Morgan fingerprint density at radius 1 is 1.09 bits per heavy atom. The highest BCUT2D eigenvalue weighted by Crippen LogP contribution is 2.34. The van der Waals surface area contributed by atoms with Crippen LogP contribution in [0.1, 0.15) is 11.1 Å². The Balaban J connectivity index is 1.82. The molecule has 23 heavy (non-hydrogen) atoms. The fourth-order valence-corrected chi connectivity index (χ4v) is 2.99. The molecule has 0 spiro atoms. The molecule has 6 heteroatoms. The second-order valence-corrected chi connectivity index (χ2v) is 5.95. The van der Waals surface area contributed by atoms with Gasteiger partial charge in [-0.15, -0.1) is 0 Å². The van der Waals surface area contributed by atoms with Gasteiger partial charge in [0.05, 0.1) is 11.4 Å². The lowest BCUT2D eigenvalue weighted by molar-refractivity contribution is -0.123. The number of carbonyl (C=O) groups is 2. The number of rotatable bonds is 3. The van der Waals surface area contributed by atoms with Crippen LogP contribution in [0.3, 0.4) is 0 Å². The Morgan fingerprint density at radius 3 is 2.48 bits per heavy atom. The number of phenolic OH excluding ortho intramolecular Hbond substituents is 1. The van der Waals surface area contributed by atoms with Gasteiger partial charge in [-0.1, -0.05) is 30.3 Å². The van der Waals surface area contributed by atoms with Crippen LogP contribution in [0, 0.1) is 5.82 Å². The number of imide groups is 1. The van der Waals surface area contributed by atoms with Gasteiger partial charge >= 0.3 is 0 Å². The van der Waals surface area contributed by atoms with Crippen molar-refractivity contribution in [1.29, 1.82) is 0 Å². The van der Waals surface area contributed by atoms with Crippen LogP contribution in [-0.4, -0.2) is 21.2 Å². The highest BCUT2D eigenvalue weighted by atomic mass is 32.2. The largest absolute Gasteiger partial charge is 0.507 e. The zero-order valence-electron chi connectivity index (χ0n) is 11.9. The van der Waals surface area contributed by atoms with Gasteiger partial charge in [-0.25, -0.2) is 4.39 Å². The van der Waals surface area contributed by atoms with Crippen LogP contribution in [0.25, 0.3) is 6.08 Å². The van der Waals surface area contributed by atoms with Crippen molar-refractivity contribution < 1.29 is 19.1 Å².